The Morgan fingerprint density at radius 3 is 2.17 bits per heavy atom. The first-order chi connectivity index (χ1) is 9.52. The molecule has 2 aromatic rings. The Labute approximate surface area is 180 Å². The van der Waals surface area contributed by atoms with E-state index in [1.54, 1.807) is 0 Å². The predicted molar refractivity (Wildman–Crippen MR) is 88.0 cm³/mol. The van der Waals surface area contributed by atoms with Gasteiger partial charge in [-0.05, 0) is 18.4 Å². The van der Waals surface area contributed by atoms with Crippen LogP contribution in [0.25, 0.3) is 11.1 Å². The van der Waals surface area contributed by atoms with Gasteiger partial charge in [-0.1, -0.05) is 51.5 Å². The molecule has 5 heteroatoms. The molecular formula is C19H24Cl3NTi. The van der Waals surface area contributed by atoms with E-state index in [1.165, 1.54) is 64.0 Å². The number of aryl methyl sites for hydroxylation is 1. The average molecular weight is 421 g/mol. The minimum atomic E-state index is 0. The first-order valence-corrected chi connectivity index (χ1v) is 7.58. The Hall–Kier alpha value is -0.0457. The molecule has 1 nitrogen and oxygen atoms in total. The normalized spacial score (nSPS) is 12.1. The molecule has 0 radical (unpaired) electrons. The monoisotopic (exact) mass is 419 g/mol. The van der Waals surface area contributed by atoms with Crippen molar-refractivity contribution in [1.29, 1.82) is 0 Å². The van der Waals surface area contributed by atoms with E-state index in [2.05, 4.69) is 57.8 Å². The molecule has 0 bridgehead atoms. The van der Waals surface area contributed by atoms with E-state index in [0.717, 1.165) is 0 Å². The molecule has 0 atom stereocenters. The van der Waals surface area contributed by atoms with Crippen molar-refractivity contribution in [3.63, 3.8) is 0 Å². The quantitative estimate of drug-likeness (QED) is 0.333. The minimum absolute atomic E-state index is 0. The molecule has 1 heterocycles. The molecule has 0 aliphatic carbocycles. The summed E-state index contributed by atoms with van der Waals surface area (Å²) in [6.45, 7) is 10.2. The number of anilines is 1. The number of benzene rings is 1. The molecule has 0 N–H and O–H groups in total. The zero-order valence-corrected chi connectivity index (χ0v) is 18.8. The second-order valence-electron chi connectivity index (χ2n) is 6.21. The van der Waals surface area contributed by atoms with E-state index >= 15 is 0 Å². The summed E-state index contributed by atoms with van der Waals surface area (Å²) in [7, 11) is 2.23. The molecule has 1 aliphatic rings. The molecule has 24 heavy (non-hydrogen) atoms. The van der Waals surface area contributed by atoms with Crippen LogP contribution >= 0.6 is 0 Å². The van der Waals surface area contributed by atoms with Gasteiger partial charge < -0.3 is 42.1 Å². The van der Waals surface area contributed by atoms with Crippen LogP contribution in [0.1, 0.15) is 34.2 Å². The smallest absolute Gasteiger partial charge is 1.00 e. The summed E-state index contributed by atoms with van der Waals surface area (Å²) in [6, 6.07) is 6.82. The summed E-state index contributed by atoms with van der Waals surface area (Å²) in [4.78, 5) is 2.44. The van der Waals surface area contributed by atoms with Crippen LogP contribution in [0.3, 0.4) is 0 Å². The Morgan fingerprint density at radius 2 is 1.62 bits per heavy atom. The third kappa shape index (κ3) is 4.19. The number of halogens is 3. The maximum Gasteiger partial charge on any atom is 4.00 e. The first-order valence-electron chi connectivity index (χ1n) is 7.58. The van der Waals surface area contributed by atoms with Gasteiger partial charge in [-0.2, -0.15) is 11.1 Å². The first kappa shape index (κ1) is 26.2. The van der Waals surface area contributed by atoms with Gasteiger partial charge in [0.2, 0.25) is 0 Å². The Kier molecular flexibility index (Phi) is 11.1. The average Bonchev–Trinajstić information content (AvgIpc) is 2.63. The zero-order valence-electron chi connectivity index (χ0n) is 14.9. The van der Waals surface area contributed by atoms with Gasteiger partial charge in [0.1, 0.15) is 0 Å². The molecule has 2 aromatic carbocycles. The maximum absolute atomic E-state index is 2.44. The molecule has 0 amide bonds. The summed E-state index contributed by atoms with van der Waals surface area (Å²) in [6.07, 6.45) is 2.48. The molecule has 0 unspecified atom stereocenters. The second-order valence-corrected chi connectivity index (χ2v) is 6.21. The van der Waals surface area contributed by atoms with Crippen LogP contribution in [0.2, 0.25) is 0 Å². The molecule has 130 valence electrons. The van der Waals surface area contributed by atoms with E-state index in [1.807, 2.05) is 0 Å². The maximum atomic E-state index is 2.44. The number of nitrogens with zero attached hydrogens (tertiary/aromatic N) is 1. The largest absolute Gasteiger partial charge is 4.00 e. The molecule has 0 aromatic heterocycles. The molecule has 0 saturated heterocycles. The van der Waals surface area contributed by atoms with Crippen LogP contribution in [0, 0.1) is 27.7 Å². The summed E-state index contributed by atoms with van der Waals surface area (Å²) >= 11 is 0. The van der Waals surface area contributed by atoms with Crippen molar-refractivity contribution >= 4 is 5.69 Å². The molecule has 1 aliphatic heterocycles. The van der Waals surface area contributed by atoms with Gasteiger partial charge in [0, 0.05) is 19.3 Å². The Morgan fingerprint density at radius 1 is 1.00 bits per heavy atom. The van der Waals surface area contributed by atoms with Crippen molar-refractivity contribution in [3.8, 4) is 11.1 Å². The molecule has 0 saturated carbocycles. The van der Waals surface area contributed by atoms with Crippen LogP contribution in [-0.4, -0.2) is 13.6 Å². The van der Waals surface area contributed by atoms with Crippen LogP contribution in [0.15, 0.2) is 18.2 Å². The second kappa shape index (κ2) is 10.2. The van der Waals surface area contributed by atoms with Crippen molar-refractivity contribution in [2.45, 2.75) is 40.5 Å². The van der Waals surface area contributed by atoms with Crippen molar-refractivity contribution < 1.29 is 58.9 Å². The van der Waals surface area contributed by atoms with E-state index in [4.69, 9.17) is 0 Å². The van der Waals surface area contributed by atoms with Crippen LogP contribution < -0.4 is 42.1 Å². The van der Waals surface area contributed by atoms with Crippen LogP contribution in [0.5, 0.6) is 0 Å². The predicted octanol–water partition coefficient (Wildman–Crippen LogP) is -4.30. The molecule has 0 fully saturated rings. The molecular weight excluding hydrogens is 396 g/mol. The van der Waals surface area contributed by atoms with Gasteiger partial charge in [-0.3, -0.25) is 0 Å². The van der Waals surface area contributed by atoms with E-state index in [9.17, 15) is 0 Å². The standard InChI is InChI=1S/C19H24N.3ClH.Ti/c1-12-13(2)15(4)18(14(12)3)17-10-6-8-16-9-7-11-20(5)19(16)17;;;;/h6,8,10H,7,9,11H2,1-5H3;3*1H;/q-1;;;;+4/p-3. The number of hydrogen-bond acceptors (Lipinski definition) is 1. The number of fused-ring (bicyclic) bond motifs is 1. The van der Waals surface area contributed by atoms with Crippen LogP contribution in [-0.2, 0) is 28.1 Å². The van der Waals surface area contributed by atoms with Gasteiger partial charge >= 0.3 is 21.7 Å². The van der Waals surface area contributed by atoms with Crippen LogP contribution in [0.4, 0.5) is 5.69 Å². The molecule has 3 rings (SSSR count). The van der Waals surface area contributed by atoms with Gasteiger partial charge in [-0.15, -0.1) is 16.7 Å². The molecule has 0 spiro atoms. The van der Waals surface area contributed by atoms with Gasteiger partial charge in [-0.25, -0.2) is 0 Å². The zero-order chi connectivity index (χ0) is 14.4. The summed E-state index contributed by atoms with van der Waals surface area (Å²) < 4.78 is 0. The summed E-state index contributed by atoms with van der Waals surface area (Å²) in [5, 5.41) is 0. The minimum Gasteiger partial charge on any atom is -1.00 e. The summed E-state index contributed by atoms with van der Waals surface area (Å²) in [5.74, 6) is 0. The van der Waals surface area contributed by atoms with Gasteiger partial charge in [0.25, 0.3) is 0 Å². The number of para-hydroxylation sites is 1. The van der Waals surface area contributed by atoms with E-state index in [-0.39, 0.29) is 58.9 Å². The third-order valence-corrected chi connectivity index (χ3v) is 5.15. The fourth-order valence-corrected chi connectivity index (χ4v) is 3.69. The Balaban J connectivity index is 0. The topological polar surface area (TPSA) is 3.24 Å². The number of hydrogen-bond donors (Lipinski definition) is 0. The van der Waals surface area contributed by atoms with Gasteiger partial charge in [0.05, 0.1) is 0 Å². The fourth-order valence-electron chi connectivity index (χ4n) is 3.69. The third-order valence-electron chi connectivity index (χ3n) is 5.15. The van der Waals surface area contributed by atoms with E-state index in [0.29, 0.717) is 0 Å². The number of rotatable bonds is 1. The SMILES string of the molecule is Cc1c(C)c(-c2cccc3c2N(C)CCC3)[c-](C)c1C.[Cl-].[Cl-].[Cl-].[Ti+4]. The van der Waals surface area contributed by atoms with Gasteiger partial charge in [0.15, 0.2) is 0 Å². The van der Waals surface area contributed by atoms with Crippen molar-refractivity contribution in [2.75, 3.05) is 18.5 Å². The summed E-state index contributed by atoms with van der Waals surface area (Å²) in [5.41, 5.74) is 11.7. The van der Waals surface area contributed by atoms with Crippen molar-refractivity contribution in [2.24, 2.45) is 0 Å². The van der Waals surface area contributed by atoms with E-state index < -0.39 is 0 Å². The van der Waals surface area contributed by atoms with Crippen molar-refractivity contribution in [1.82, 2.24) is 0 Å². The van der Waals surface area contributed by atoms with Crippen molar-refractivity contribution in [3.05, 3.63) is 46.0 Å². The Bertz CT molecular complexity index is 654. The fraction of sp³-hybridized carbons (Fsp3) is 0.421.